The van der Waals surface area contributed by atoms with E-state index < -0.39 is 0 Å². The standard InChI is InChI=1S/C16H19ClN2O/c1-10-5-6-13(7-11(10)2)8-14(20)9-15-12(3)18-19(4)16(15)17/h5-7H,8-9H2,1-4H3. The molecule has 0 aliphatic heterocycles. The lowest BCUT2D eigenvalue weighted by Gasteiger charge is -2.05. The maximum absolute atomic E-state index is 12.2. The summed E-state index contributed by atoms with van der Waals surface area (Å²) < 4.78 is 1.61. The maximum Gasteiger partial charge on any atom is 0.141 e. The van der Waals surface area contributed by atoms with Gasteiger partial charge in [-0.3, -0.25) is 9.48 Å². The Morgan fingerprint density at radius 2 is 1.90 bits per heavy atom. The lowest BCUT2D eigenvalue weighted by molar-refractivity contribution is -0.117. The molecule has 0 bridgehead atoms. The Bertz CT molecular complexity index is 659. The first-order valence-electron chi connectivity index (χ1n) is 6.64. The monoisotopic (exact) mass is 290 g/mol. The number of carbonyl (C=O) groups is 1. The number of benzene rings is 1. The average molecular weight is 291 g/mol. The van der Waals surface area contributed by atoms with Crippen LogP contribution in [0.5, 0.6) is 0 Å². The SMILES string of the molecule is Cc1ccc(CC(=O)Cc2c(C)nn(C)c2Cl)cc1C. The number of halogens is 1. The Morgan fingerprint density at radius 1 is 1.20 bits per heavy atom. The van der Waals surface area contributed by atoms with E-state index in [2.05, 4.69) is 31.1 Å². The van der Waals surface area contributed by atoms with Crippen LogP contribution in [0.3, 0.4) is 0 Å². The van der Waals surface area contributed by atoms with Gasteiger partial charge >= 0.3 is 0 Å². The van der Waals surface area contributed by atoms with Crippen molar-refractivity contribution in [2.75, 3.05) is 0 Å². The molecule has 0 saturated heterocycles. The van der Waals surface area contributed by atoms with Gasteiger partial charge in [-0.2, -0.15) is 5.10 Å². The van der Waals surface area contributed by atoms with Gasteiger partial charge < -0.3 is 0 Å². The molecule has 0 spiro atoms. The smallest absolute Gasteiger partial charge is 0.141 e. The first kappa shape index (κ1) is 14.8. The van der Waals surface area contributed by atoms with E-state index in [0.717, 1.165) is 16.8 Å². The van der Waals surface area contributed by atoms with Gasteiger partial charge in [0.25, 0.3) is 0 Å². The summed E-state index contributed by atoms with van der Waals surface area (Å²) in [5.41, 5.74) is 5.17. The molecule has 20 heavy (non-hydrogen) atoms. The van der Waals surface area contributed by atoms with Crippen LogP contribution in [0.25, 0.3) is 0 Å². The van der Waals surface area contributed by atoms with Gasteiger partial charge in [-0.05, 0) is 37.5 Å². The first-order valence-corrected chi connectivity index (χ1v) is 7.02. The molecule has 1 heterocycles. The van der Waals surface area contributed by atoms with Gasteiger partial charge in [0, 0.05) is 25.5 Å². The van der Waals surface area contributed by atoms with Crippen LogP contribution in [0, 0.1) is 20.8 Å². The molecule has 0 saturated carbocycles. The Morgan fingerprint density at radius 3 is 2.45 bits per heavy atom. The van der Waals surface area contributed by atoms with E-state index >= 15 is 0 Å². The van der Waals surface area contributed by atoms with Crippen LogP contribution in [-0.2, 0) is 24.7 Å². The van der Waals surface area contributed by atoms with Crippen molar-refractivity contribution in [2.45, 2.75) is 33.6 Å². The van der Waals surface area contributed by atoms with Gasteiger partial charge in [-0.15, -0.1) is 0 Å². The fraction of sp³-hybridized carbons (Fsp3) is 0.375. The number of ketones is 1. The van der Waals surface area contributed by atoms with E-state index in [1.54, 1.807) is 11.7 Å². The number of Topliss-reactive ketones (excluding diaryl/α,β-unsaturated/α-hetero) is 1. The highest BCUT2D eigenvalue weighted by molar-refractivity contribution is 6.30. The predicted molar refractivity (Wildman–Crippen MR) is 81.3 cm³/mol. The average Bonchev–Trinajstić information content (AvgIpc) is 2.61. The highest BCUT2D eigenvalue weighted by Gasteiger charge is 2.15. The molecular formula is C16H19ClN2O. The van der Waals surface area contributed by atoms with E-state index in [1.807, 2.05) is 13.0 Å². The first-order chi connectivity index (χ1) is 9.38. The van der Waals surface area contributed by atoms with Gasteiger partial charge in [0.05, 0.1) is 5.69 Å². The Labute approximate surface area is 124 Å². The number of rotatable bonds is 4. The molecule has 1 aromatic heterocycles. The number of carbonyl (C=O) groups excluding carboxylic acids is 1. The molecule has 2 aromatic rings. The molecule has 0 aliphatic rings. The Balaban J connectivity index is 2.11. The predicted octanol–water partition coefficient (Wildman–Crippen LogP) is 3.35. The number of hydrogen-bond donors (Lipinski definition) is 0. The topological polar surface area (TPSA) is 34.9 Å². The molecule has 2 rings (SSSR count). The number of aromatic nitrogens is 2. The van der Waals surface area contributed by atoms with Crippen molar-refractivity contribution in [1.82, 2.24) is 9.78 Å². The lowest BCUT2D eigenvalue weighted by Crippen LogP contribution is -2.07. The Kier molecular flexibility index (Phi) is 4.29. The van der Waals surface area contributed by atoms with Crippen molar-refractivity contribution in [3.63, 3.8) is 0 Å². The van der Waals surface area contributed by atoms with Crippen molar-refractivity contribution in [1.29, 1.82) is 0 Å². The summed E-state index contributed by atoms with van der Waals surface area (Å²) in [7, 11) is 1.78. The minimum Gasteiger partial charge on any atom is -0.299 e. The molecular weight excluding hydrogens is 272 g/mol. The van der Waals surface area contributed by atoms with Crippen LogP contribution in [-0.4, -0.2) is 15.6 Å². The van der Waals surface area contributed by atoms with Gasteiger partial charge in [-0.1, -0.05) is 29.8 Å². The minimum atomic E-state index is 0.159. The zero-order valence-electron chi connectivity index (χ0n) is 12.3. The second kappa shape index (κ2) is 5.80. The second-order valence-electron chi connectivity index (χ2n) is 5.29. The van der Waals surface area contributed by atoms with E-state index in [4.69, 9.17) is 11.6 Å². The summed E-state index contributed by atoms with van der Waals surface area (Å²) in [6, 6.07) is 6.14. The molecule has 0 unspecified atom stereocenters. The zero-order chi connectivity index (χ0) is 14.9. The highest BCUT2D eigenvalue weighted by Crippen LogP contribution is 2.20. The summed E-state index contributed by atoms with van der Waals surface area (Å²) in [6.07, 6.45) is 0.775. The van der Waals surface area contributed by atoms with Crippen LogP contribution < -0.4 is 0 Å². The van der Waals surface area contributed by atoms with E-state index in [9.17, 15) is 4.79 Å². The van der Waals surface area contributed by atoms with Crippen molar-refractivity contribution in [2.24, 2.45) is 7.05 Å². The van der Waals surface area contributed by atoms with Crippen molar-refractivity contribution >= 4 is 17.4 Å². The molecule has 0 fully saturated rings. The van der Waals surface area contributed by atoms with Crippen molar-refractivity contribution < 1.29 is 4.79 Å². The summed E-state index contributed by atoms with van der Waals surface area (Å²) in [5.74, 6) is 0.159. The van der Waals surface area contributed by atoms with Crippen LogP contribution in [0.2, 0.25) is 5.15 Å². The van der Waals surface area contributed by atoms with Crippen molar-refractivity contribution in [3.05, 3.63) is 51.3 Å². The highest BCUT2D eigenvalue weighted by atomic mass is 35.5. The fourth-order valence-corrected chi connectivity index (χ4v) is 2.52. The summed E-state index contributed by atoms with van der Waals surface area (Å²) in [4.78, 5) is 12.2. The van der Waals surface area contributed by atoms with Gasteiger partial charge in [0.1, 0.15) is 10.9 Å². The second-order valence-corrected chi connectivity index (χ2v) is 5.65. The van der Waals surface area contributed by atoms with Crippen LogP contribution in [0.15, 0.2) is 18.2 Å². The van der Waals surface area contributed by atoms with Gasteiger partial charge in [0.2, 0.25) is 0 Å². The van der Waals surface area contributed by atoms with Gasteiger partial charge in [0.15, 0.2) is 0 Å². The molecule has 0 radical (unpaired) electrons. The van der Waals surface area contributed by atoms with E-state index in [1.165, 1.54) is 11.1 Å². The third-order valence-corrected chi connectivity index (χ3v) is 4.09. The molecule has 0 aliphatic carbocycles. The number of hydrogen-bond acceptors (Lipinski definition) is 2. The fourth-order valence-electron chi connectivity index (χ4n) is 2.28. The molecule has 1 aromatic carbocycles. The molecule has 3 nitrogen and oxygen atoms in total. The molecule has 106 valence electrons. The summed E-state index contributed by atoms with van der Waals surface area (Å²) in [5, 5.41) is 4.78. The zero-order valence-corrected chi connectivity index (χ0v) is 13.1. The third-order valence-electron chi connectivity index (χ3n) is 3.62. The maximum atomic E-state index is 12.2. The summed E-state index contributed by atoms with van der Waals surface area (Å²) >= 11 is 6.16. The number of aryl methyl sites for hydroxylation is 4. The van der Waals surface area contributed by atoms with Gasteiger partial charge in [-0.25, -0.2) is 0 Å². The van der Waals surface area contributed by atoms with Crippen LogP contribution in [0.1, 0.15) is 27.9 Å². The van der Waals surface area contributed by atoms with Crippen molar-refractivity contribution in [3.8, 4) is 0 Å². The van der Waals surface area contributed by atoms with Crippen LogP contribution in [0.4, 0.5) is 0 Å². The molecule has 0 amide bonds. The third kappa shape index (κ3) is 3.10. The minimum absolute atomic E-state index is 0.159. The lowest BCUT2D eigenvalue weighted by atomic mass is 10.00. The largest absolute Gasteiger partial charge is 0.299 e. The molecule has 4 heteroatoms. The van der Waals surface area contributed by atoms with Crippen LogP contribution >= 0.6 is 11.6 Å². The van der Waals surface area contributed by atoms with E-state index in [-0.39, 0.29) is 5.78 Å². The Hall–Kier alpha value is -1.61. The quantitative estimate of drug-likeness (QED) is 0.865. The normalized spacial score (nSPS) is 10.8. The molecule has 0 N–H and O–H groups in total. The number of nitrogens with zero attached hydrogens (tertiary/aromatic N) is 2. The van der Waals surface area contributed by atoms with E-state index in [0.29, 0.717) is 18.0 Å². The summed E-state index contributed by atoms with van der Waals surface area (Å²) in [6.45, 7) is 6.01. The molecule has 0 atom stereocenters.